The molecular formula is C17H29N3O. The highest BCUT2D eigenvalue weighted by atomic mass is 16.5. The molecule has 2 unspecified atom stereocenters. The quantitative estimate of drug-likeness (QED) is 0.871. The second kappa shape index (κ2) is 7.66. The molecule has 1 aliphatic rings. The standard InChI is InChI=1S/C17H29N3O/c1-14-12-16(8-9-20(14)4)18-15-6-5-7-17(13-15)21-11-10-19(2)3/h5-7,13-14,16,18H,8-12H2,1-4H3. The molecule has 118 valence electrons. The van der Waals surface area contributed by atoms with Gasteiger partial charge in [-0.1, -0.05) is 6.07 Å². The lowest BCUT2D eigenvalue weighted by Gasteiger charge is -2.35. The number of anilines is 1. The summed E-state index contributed by atoms with van der Waals surface area (Å²) in [5.74, 6) is 0.947. The lowest BCUT2D eigenvalue weighted by atomic mass is 9.98. The van der Waals surface area contributed by atoms with Gasteiger partial charge in [-0.25, -0.2) is 0 Å². The van der Waals surface area contributed by atoms with Gasteiger partial charge < -0.3 is 19.9 Å². The van der Waals surface area contributed by atoms with E-state index in [9.17, 15) is 0 Å². The van der Waals surface area contributed by atoms with Crippen molar-refractivity contribution in [1.82, 2.24) is 9.80 Å². The summed E-state index contributed by atoms with van der Waals surface area (Å²) in [4.78, 5) is 4.56. The highest BCUT2D eigenvalue weighted by Crippen LogP contribution is 2.22. The maximum atomic E-state index is 5.79. The molecule has 1 aromatic carbocycles. The number of benzene rings is 1. The number of ether oxygens (including phenoxy) is 1. The van der Waals surface area contributed by atoms with Crippen molar-refractivity contribution in [3.63, 3.8) is 0 Å². The highest BCUT2D eigenvalue weighted by Gasteiger charge is 2.22. The third-order valence-electron chi connectivity index (χ3n) is 4.22. The van der Waals surface area contributed by atoms with Crippen LogP contribution in [-0.4, -0.2) is 62.7 Å². The Morgan fingerprint density at radius 2 is 2.19 bits per heavy atom. The fraction of sp³-hybridized carbons (Fsp3) is 0.647. The molecule has 4 nitrogen and oxygen atoms in total. The number of nitrogens with one attached hydrogen (secondary N) is 1. The minimum atomic E-state index is 0.563. The van der Waals surface area contributed by atoms with Crippen molar-refractivity contribution in [1.29, 1.82) is 0 Å². The van der Waals surface area contributed by atoms with Gasteiger partial charge >= 0.3 is 0 Å². The summed E-state index contributed by atoms with van der Waals surface area (Å²) in [6.45, 7) is 5.12. The van der Waals surface area contributed by atoms with Crippen molar-refractivity contribution in [2.24, 2.45) is 0 Å². The second-order valence-electron chi connectivity index (χ2n) is 6.37. The molecule has 2 rings (SSSR count). The first-order valence-corrected chi connectivity index (χ1v) is 7.89. The maximum Gasteiger partial charge on any atom is 0.121 e. The summed E-state index contributed by atoms with van der Waals surface area (Å²) in [5, 5.41) is 3.65. The molecule has 0 amide bonds. The van der Waals surface area contributed by atoms with E-state index in [1.165, 1.54) is 18.5 Å². The Morgan fingerprint density at radius 1 is 1.38 bits per heavy atom. The number of hydrogen-bond donors (Lipinski definition) is 1. The van der Waals surface area contributed by atoms with Crippen LogP contribution in [0.4, 0.5) is 5.69 Å². The number of likely N-dealkylation sites (N-methyl/N-ethyl adjacent to an activating group) is 1. The second-order valence-corrected chi connectivity index (χ2v) is 6.37. The molecular weight excluding hydrogens is 262 g/mol. The summed E-state index contributed by atoms with van der Waals surface area (Å²) in [5.41, 5.74) is 1.17. The van der Waals surface area contributed by atoms with Gasteiger partial charge in [0, 0.05) is 36.9 Å². The van der Waals surface area contributed by atoms with Gasteiger partial charge in [-0.3, -0.25) is 0 Å². The van der Waals surface area contributed by atoms with Gasteiger partial charge in [0.2, 0.25) is 0 Å². The van der Waals surface area contributed by atoms with E-state index < -0.39 is 0 Å². The van der Waals surface area contributed by atoms with E-state index in [2.05, 4.69) is 61.4 Å². The summed E-state index contributed by atoms with van der Waals surface area (Å²) < 4.78 is 5.79. The monoisotopic (exact) mass is 291 g/mol. The van der Waals surface area contributed by atoms with Crippen LogP contribution < -0.4 is 10.1 Å². The van der Waals surface area contributed by atoms with E-state index in [0.717, 1.165) is 25.4 Å². The first-order chi connectivity index (χ1) is 10.0. The topological polar surface area (TPSA) is 27.7 Å². The minimum absolute atomic E-state index is 0.563. The maximum absolute atomic E-state index is 5.79. The van der Waals surface area contributed by atoms with Crippen LogP contribution in [0.15, 0.2) is 24.3 Å². The molecule has 1 saturated heterocycles. The summed E-state index contributed by atoms with van der Waals surface area (Å²) in [7, 11) is 6.32. The van der Waals surface area contributed by atoms with Crippen molar-refractivity contribution >= 4 is 5.69 Å². The van der Waals surface area contributed by atoms with Crippen molar-refractivity contribution < 1.29 is 4.74 Å². The molecule has 21 heavy (non-hydrogen) atoms. The van der Waals surface area contributed by atoms with Gasteiger partial charge in [0.15, 0.2) is 0 Å². The highest BCUT2D eigenvalue weighted by molar-refractivity contribution is 5.49. The van der Waals surface area contributed by atoms with Crippen LogP contribution in [0.5, 0.6) is 5.75 Å². The van der Waals surface area contributed by atoms with E-state index in [4.69, 9.17) is 4.74 Å². The number of piperidine rings is 1. The third kappa shape index (κ3) is 5.21. The Labute approximate surface area is 129 Å². The van der Waals surface area contributed by atoms with E-state index in [0.29, 0.717) is 12.1 Å². The molecule has 0 aliphatic carbocycles. The molecule has 0 saturated carbocycles. The van der Waals surface area contributed by atoms with Gasteiger partial charge in [0.1, 0.15) is 12.4 Å². The largest absolute Gasteiger partial charge is 0.492 e. The molecule has 1 fully saturated rings. The van der Waals surface area contributed by atoms with Gasteiger partial charge in [-0.05, 0) is 53.0 Å². The fourth-order valence-corrected chi connectivity index (χ4v) is 2.68. The number of hydrogen-bond acceptors (Lipinski definition) is 4. The minimum Gasteiger partial charge on any atom is -0.492 e. The Bertz CT molecular complexity index is 436. The molecule has 4 heteroatoms. The van der Waals surface area contributed by atoms with Crippen molar-refractivity contribution in [2.75, 3.05) is 46.2 Å². The molecule has 0 bridgehead atoms. The smallest absolute Gasteiger partial charge is 0.121 e. The SMILES string of the molecule is CC1CC(Nc2cccc(OCCN(C)C)c2)CCN1C. The average molecular weight is 291 g/mol. The van der Waals surface area contributed by atoms with E-state index >= 15 is 0 Å². The summed E-state index contributed by atoms with van der Waals surface area (Å²) in [6, 6.07) is 9.54. The predicted molar refractivity (Wildman–Crippen MR) is 89.2 cm³/mol. The van der Waals surface area contributed by atoms with Gasteiger partial charge in [-0.2, -0.15) is 0 Å². The van der Waals surface area contributed by atoms with Crippen LogP contribution >= 0.6 is 0 Å². The molecule has 1 N–H and O–H groups in total. The zero-order chi connectivity index (χ0) is 15.2. The van der Waals surface area contributed by atoms with Crippen molar-refractivity contribution in [2.45, 2.75) is 31.8 Å². The number of likely N-dealkylation sites (tertiary alicyclic amines) is 1. The first-order valence-electron chi connectivity index (χ1n) is 7.89. The third-order valence-corrected chi connectivity index (χ3v) is 4.22. The van der Waals surface area contributed by atoms with Crippen LogP contribution in [0.2, 0.25) is 0 Å². The zero-order valence-corrected chi connectivity index (χ0v) is 13.8. The van der Waals surface area contributed by atoms with E-state index in [-0.39, 0.29) is 0 Å². The first kappa shape index (κ1) is 16.1. The zero-order valence-electron chi connectivity index (χ0n) is 13.8. The normalized spacial score (nSPS) is 23.3. The Balaban J connectivity index is 1.86. The van der Waals surface area contributed by atoms with E-state index in [1.807, 2.05) is 6.07 Å². The Hall–Kier alpha value is -1.26. The molecule has 0 radical (unpaired) electrons. The number of rotatable bonds is 6. The number of nitrogens with zero attached hydrogens (tertiary/aromatic N) is 2. The lowest BCUT2D eigenvalue weighted by molar-refractivity contribution is 0.190. The van der Waals surface area contributed by atoms with Crippen LogP contribution in [0.1, 0.15) is 19.8 Å². The van der Waals surface area contributed by atoms with Crippen LogP contribution in [0.25, 0.3) is 0 Å². The lowest BCUT2D eigenvalue weighted by Crippen LogP contribution is -2.42. The van der Waals surface area contributed by atoms with Gasteiger partial charge in [-0.15, -0.1) is 0 Å². The van der Waals surface area contributed by atoms with Gasteiger partial charge in [0.05, 0.1) is 0 Å². The van der Waals surface area contributed by atoms with Gasteiger partial charge in [0.25, 0.3) is 0 Å². The summed E-state index contributed by atoms with van der Waals surface area (Å²) >= 11 is 0. The fourth-order valence-electron chi connectivity index (χ4n) is 2.68. The van der Waals surface area contributed by atoms with Crippen LogP contribution in [-0.2, 0) is 0 Å². The molecule has 0 aromatic heterocycles. The van der Waals surface area contributed by atoms with Crippen LogP contribution in [0.3, 0.4) is 0 Å². The van der Waals surface area contributed by atoms with E-state index in [1.54, 1.807) is 0 Å². The van der Waals surface area contributed by atoms with Crippen molar-refractivity contribution in [3.8, 4) is 5.75 Å². The molecule has 2 atom stereocenters. The van der Waals surface area contributed by atoms with Crippen LogP contribution in [0, 0.1) is 0 Å². The predicted octanol–water partition coefficient (Wildman–Crippen LogP) is 2.52. The molecule has 0 spiro atoms. The average Bonchev–Trinajstić information content (AvgIpc) is 2.43. The molecule has 1 aromatic rings. The molecule has 1 heterocycles. The Morgan fingerprint density at radius 3 is 2.90 bits per heavy atom. The molecule has 1 aliphatic heterocycles. The Kier molecular flexibility index (Phi) is 5.88. The summed E-state index contributed by atoms with van der Waals surface area (Å²) in [6.07, 6.45) is 2.40. The van der Waals surface area contributed by atoms with Crippen molar-refractivity contribution in [3.05, 3.63) is 24.3 Å².